The van der Waals surface area contributed by atoms with Crippen molar-refractivity contribution in [3.05, 3.63) is 71.0 Å². The van der Waals surface area contributed by atoms with Crippen LogP contribution < -0.4 is 11.3 Å². The number of aromatic nitrogens is 2. The highest BCUT2D eigenvalue weighted by atomic mass is 16.1. The molecule has 0 fully saturated rings. The van der Waals surface area contributed by atoms with Gasteiger partial charge in [0.05, 0.1) is 11.4 Å². The molecule has 20 heavy (non-hydrogen) atoms. The predicted molar refractivity (Wildman–Crippen MR) is 80.9 cm³/mol. The van der Waals surface area contributed by atoms with Crippen LogP contribution in [0.1, 0.15) is 0 Å². The number of hydrogen-bond donors (Lipinski definition) is 1. The highest BCUT2D eigenvalue weighted by molar-refractivity contribution is 5.73. The first-order chi connectivity index (χ1) is 9.70. The molecule has 2 N–H and O–H groups in total. The summed E-state index contributed by atoms with van der Waals surface area (Å²) >= 11 is 0. The van der Waals surface area contributed by atoms with Gasteiger partial charge in [-0.3, -0.25) is 9.48 Å². The molecule has 1 aromatic heterocycles. The van der Waals surface area contributed by atoms with Crippen molar-refractivity contribution in [1.82, 2.24) is 9.36 Å². The van der Waals surface area contributed by atoms with Crippen LogP contribution in [0.4, 0.5) is 5.69 Å². The zero-order valence-corrected chi connectivity index (χ0v) is 11.2. The second-order valence-electron chi connectivity index (χ2n) is 4.60. The van der Waals surface area contributed by atoms with E-state index in [1.165, 1.54) is 0 Å². The van der Waals surface area contributed by atoms with Crippen molar-refractivity contribution >= 4 is 5.69 Å². The molecule has 3 rings (SSSR count). The monoisotopic (exact) mass is 265 g/mol. The topological polar surface area (TPSA) is 52.9 Å². The molecule has 0 atom stereocenters. The zero-order valence-electron chi connectivity index (χ0n) is 11.2. The number of hydrogen-bond acceptors (Lipinski definition) is 2. The summed E-state index contributed by atoms with van der Waals surface area (Å²) in [6.07, 6.45) is 0. The van der Waals surface area contributed by atoms with Gasteiger partial charge in [-0.05, 0) is 12.1 Å². The quantitative estimate of drug-likeness (QED) is 0.773. The van der Waals surface area contributed by atoms with E-state index in [2.05, 4.69) is 0 Å². The molecule has 4 nitrogen and oxygen atoms in total. The Morgan fingerprint density at radius 2 is 1.45 bits per heavy atom. The fraction of sp³-hybridized carbons (Fsp3) is 0.0625. The van der Waals surface area contributed by atoms with Crippen molar-refractivity contribution in [1.29, 1.82) is 0 Å². The summed E-state index contributed by atoms with van der Waals surface area (Å²) in [5.41, 5.74) is 8.55. The summed E-state index contributed by atoms with van der Waals surface area (Å²) in [5, 5.41) is 0. The molecule has 0 bridgehead atoms. The van der Waals surface area contributed by atoms with Crippen molar-refractivity contribution in [2.24, 2.45) is 7.05 Å². The van der Waals surface area contributed by atoms with Crippen molar-refractivity contribution in [2.45, 2.75) is 0 Å². The van der Waals surface area contributed by atoms with Crippen molar-refractivity contribution < 1.29 is 0 Å². The first-order valence-electron chi connectivity index (χ1n) is 6.38. The largest absolute Gasteiger partial charge is 0.392 e. The maximum absolute atomic E-state index is 12.4. The highest BCUT2D eigenvalue weighted by Gasteiger charge is 2.17. The number of anilines is 1. The minimum Gasteiger partial charge on any atom is -0.392 e. The normalized spacial score (nSPS) is 10.7. The van der Waals surface area contributed by atoms with E-state index in [1.54, 1.807) is 9.36 Å². The van der Waals surface area contributed by atoms with Crippen LogP contribution in [0.25, 0.3) is 16.9 Å². The van der Waals surface area contributed by atoms with Gasteiger partial charge in [0.1, 0.15) is 5.69 Å². The summed E-state index contributed by atoms with van der Waals surface area (Å²) < 4.78 is 3.38. The molecule has 0 aliphatic rings. The van der Waals surface area contributed by atoms with E-state index in [4.69, 9.17) is 5.73 Å². The average molecular weight is 265 g/mol. The molecular weight excluding hydrogens is 250 g/mol. The highest BCUT2D eigenvalue weighted by Crippen LogP contribution is 2.24. The van der Waals surface area contributed by atoms with Gasteiger partial charge in [-0.15, -0.1) is 0 Å². The standard InChI is InChI=1S/C16H15N3O/c1-18-15(12-8-4-2-5-9-12)14(17)16(20)19(18)13-10-6-3-7-11-13/h2-11H,17H2,1H3. The Kier molecular flexibility index (Phi) is 2.91. The molecule has 100 valence electrons. The average Bonchev–Trinajstić information content (AvgIpc) is 2.71. The fourth-order valence-electron chi connectivity index (χ4n) is 2.42. The minimum absolute atomic E-state index is 0.197. The fourth-order valence-corrected chi connectivity index (χ4v) is 2.42. The van der Waals surface area contributed by atoms with Gasteiger partial charge < -0.3 is 5.73 Å². The van der Waals surface area contributed by atoms with Crippen molar-refractivity contribution in [3.8, 4) is 16.9 Å². The van der Waals surface area contributed by atoms with Gasteiger partial charge in [-0.2, -0.15) is 0 Å². The van der Waals surface area contributed by atoms with Crippen LogP contribution in [0.15, 0.2) is 65.5 Å². The second kappa shape index (κ2) is 4.74. The second-order valence-corrected chi connectivity index (χ2v) is 4.60. The summed E-state index contributed by atoms with van der Waals surface area (Å²) in [6.45, 7) is 0. The molecule has 0 amide bonds. The lowest BCUT2D eigenvalue weighted by atomic mass is 10.1. The number of para-hydroxylation sites is 1. The zero-order chi connectivity index (χ0) is 14.1. The Hall–Kier alpha value is -2.75. The van der Waals surface area contributed by atoms with Gasteiger partial charge in [0, 0.05) is 12.6 Å². The number of benzene rings is 2. The van der Waals surface area contributed by atoms with Crippen LogP contribution in [0.3, 0.4) is 0 Å². The van der Waals surface area contributed by atoms with Gasteiger partial charge in [0.15, 0.2) is 0 Å². The smallest absolute Gasteiger partial charge is 0.295 e. The minimum atomic E-state index is -0.197. The van der Waals surface area contributed by atoms with Gasteiger partial charge in [0.25, 0.3) is 5.56 Å². The van der Waals surface area contributed by atoms with Crippen LogP contribution in [-0.2, 0) is 7.05 Å². The number of nitrogen functional groups attached to an aromatic ring is 1. The maximum atomic E-state index is 12.4. The molecule has 0 unspecified atom stereocenters. The lowest BCUT2D eigenvalue weighted by molar-refractivity contribution is 0.652. The van der Waals surface area contributed by atoms with Gasteiger partial charge >= 0.3 is 0 Å². The molecule has 0 spiro atoms. The van der Waals surface area contributed by atoms with Crippen molar-refractivity contribution in [2.75, 3.05) is 5.73 Å². The van der Waals surface area contributed by atoms with E-state index in [0.29, 0.717) is 0 Å². The first-order valence-corrected chi connectivity index (χ1v) is 6.38. The van der Waals surface area contributed by atoms with E-state index in [9.17, 15) is 4.79 Å². The Labute approximate surface area is 116 Å². The van der Waals surface area contributed by atoms with Gasteiger partial charge in [0.2, 0.25) is 0 Å². The van der Waals surface area contributed by atoms with Crippen LogP contribution in [0, 0.1) is 0 Å². The lowest BCUT2D eigenvalue weighted by Crippen LogP contribution is -2.20. The van der Waals surface area contributed by atoms with Gasteiger partial charge in [-0.1, -0.05) is 48.5 Å². The SMILES string of the molecule is Cn1c(-c2ccccc2)c(N)c(=O)n1-c1ccccc1. The maximum Gasteiger partial charge on any atom is 0.295 e. The molecule has 2 aromatic carbocycles. The lowest BCUT2D eigenvalue weighted by Gasteiger charge is -2.09. The summed E-state index contributed by atoms with van der Waals surface area (Å²) in [6, 6.07) is 19.2. The third kappa shape index (κ3) is 1.82. The third-order valence-electron chi connectivity index (χ3n) is 3.35. The third-order valence-corrected chi connectivity index (χ3v) is 3.35. The van der Waals surface area contributed by atoms with Crippen LogP contribution in [-0.4, -0.2) is 9.36 Å². The molecule has 4 heteroatoms. The van der Waals surface area contributed by atoms with E-state index >= 15 is 0 Å². The molecule has 0 saturated carbocycles. The molecule has 0 saturated heterocycles. The molecular formula is C16H15N3O. The molecule has 0 aliphatic heterocycles. The van der Waals surface area contributed by atoms with E-state index < -0.39 is 0 Å². The Bertz CT molecular complexity index is 786. The van der Waals surface area contributed by atoms with Crippen LogP contribution >= 0.6 is 0 Å². The first kappa shape index (κ1) is 12.3. The molecule has 0 aliphatic carbocycles. The van der Waals surface area contributed by atoms with Crippen LogP contribution in [0.5, 0.6) is 0 Å². The predicted octanol–water partition coefficient (Wildman–Crippen LogP) is 2.43. The Morgan fingerprint density at radius 1 is 0.900 bits per heavy atom. The summed E-state index contributed by atoms with van der Waals surface area (Å²) in [4.78, 5) is 12.4. The Morgan fingerprint density at radius 3 is 2.05 bits per heavy atom. The Balaban J connectivity index is 2.28. The molecule has 3 aromatic rings. The number of nitrogens with zero attached hydrogens (tertiary/aromatic N) is 2. The molecule has 1 heterocycles. The van der Waals surface area contributed by atoms with E-state index in [-0.39, 0.29) is 11.2 Å². The summed E-state index contributed by atoms with van der Waals surface area (Å²) in [7, 11) is 1.84. The number of nitrogens with two attached hydrogens (primary N) is 1. The van der Waals surface area contributed by atoms with Gasteiger partial charge in [-0.25, -0.2) is 4.68 Å². The van der Waals surface area contributed by atoms with E-state index in [0.717, 1.165) is 16.9 Å². The molecule has 0 radical (unpaired) electrons. The van der Waals surface area contributed by atoms with Crippen LogP contribution in [0.2, 0.25) is 0 Å². The number of rotatable bonds is 2. The van der Waals surface area contributed by atoms with E-state index in [1.807, 2.05) is 67.7 Å². The summed E-state index contributed by atoms with van der Waals surface area (Å²) in [5.74, 6) is 0. The van der Waals surface area contributed by atoms with Crippen molar-refractivity contribution in [3.63, 3.8) is 0 Å².